The van der Waals surface area contributed by atoms with E-state index in [2.05, 4.69) is 12.2 Å². The fourth-order valence-corrected chi connectivity index (χ4v) is 4.68. The van der Waals surface area contributed by atoms with Crippen molar-refractivity contribution in [3.8, 4) is 0 Å². The van der Waals surface area contributed by atoms with Crippen molar-refractivity contribution in [3.05, 3.63) is 59.2 Å². The monoisotopic (exact) mass is 448 g/mol. The van der Waals surface area contributed by atoms with Crippen LogP contribution >= 0.6 is 0 Å². The summed E-state index contributed by atoms with van der Waals surface area (Å²) in [6, 6.07) is 11.7. The van der Waals surface area contributed by atoms with Crippen molar-refractivity contribution >= 4 is 35.1 Å². The van der Waals surface area contributed by atoms with Gasteiger partial charge in [-0.3, -0.25) is 19.3 Å². The number of nitrogens with zero attached hydrogens (tertiary/aromatic N) is 1. The Balaban J connectivity index is 1.36. The summed E-state index contributed by atoms with van der Waals surface area (Å²) < 4.78 is 5.13. The smallest absolute Gasteiger partial charge is 0.338 e. The van der Waals surface area contributed by atoms with E-state index in [9.17, 15) is 19.2 Å². The summed E-state index contributed by atoms with van der Waals surface area (Å²) in [5, 5.41) is 2.74. The van der Waals surface area contributed by atoms with Crippen LogP contribution in [0.5, 0.6) is 0 Å². The summed E-state index contributed by atoms with van der Waals surface area (Å²) in [7, 11) is 0. The summed E-state index contributed by atoms with van der Waals surface area (Å²) in [4.78, 5) is 51.5. The maximum Gasteiger partial charge on any atom is 0.338 e. The molecule has 1 saturated carbocycles. The molecule has 1 N–H and O–H groups in total. The Morgan fingerprint density at radius 3 is 2.42 bits per heavy atom. The number of imide groups is 1. The Morgan fingerprint density at radius 2 is 1.70 bits per heavy atom. The summed E-state index contributed by atoms with van der Waals surface area (Å²) in [5.41, 5.74) is 3.37. The molecule has 172 valence electrons. The maximum atomic E-state index is 12.9. The van der Waals surface area contributed by atoms with E-state index in [1.165, 1.54) is 17.0 Å². The number of hydrogen-bond acceptors (Lipinski definition) is 5. The molecule has 2 aromatic carbocycles. The van der Waals surface area contributed by atoms with Crippen molar-refractivity contribution in [2.75, 3.05) is 16.8 Å². The van der Waals surface area contributed by atoms with E-state index >= 15 is 0 Å². The fourth-order valence-electron chi connectivity index (χ4n) is 4.68. The first-order valence-electron chi connectivity index (χ1n) is 11.3. The number of rotatable bonds is 5. The van der Waals surface area contributed by atoms with E-state index in [1.54, 1.807) is 18.2 Å². The third-order valence-corrected chi connectivity index (χ3v) is 6.76. The second kappa shape index (κ2) is 9.17. The average Bonchev–Trinajstić information content (AvgIpc) is 3.04. The van der Waals surface area contributed by atoms with Crippen molar-refractivity contribution in [2.45, 2.75) is 40.0 Å². The molecule has 0 spiro atoms. The fraction of sp³-hybridized carbons (Fsp3) is 0.385. The summed E-state index contributed by atoms with van der Waals surface area (Å²) >= 11 is 0. The molecule has 7 heteroatoms. The van der Waals surface area contributed by atoms with Gasteiger partial charge in [-0.15, -0.1) is 0 Å². The van der Waals surface area contributed by atoms with Crippen LogP contribution < -0.4 is 10.2 Å². The molecule has 3 amide bonds. The largest absolute Gasteiger partial charge is 0.452 e. The Bertz CT molecular complexity index is 1110. The van der Waals surface area contributed by atoms with Crippen LogP contribution in [0.15, 0.2) is 42.5 Å². The minimum Gasteiger partial charge on any atom is -0.452 e. The number of aryl methyl sites for hydroxylation is 1. The predicted molar refractivity (Wildman–Crippen MR) is 124 cm³/mol. The van der Waals surface area contributed by atoms with Crippen LogP contribution in [0.2, 0.25) is 0 Å². The first kappa shape index (κ1) is 22.7. The molecule has 1 aliphatic heterocycles. The van der Waals surface area contributed by atoms with Gasteiger partial charge in [-0.2, -0.15) is 0 Å². The van der Waals surface area contributed by atoms with Gasteiger partial charge in [-0.25, -0.2) is 4.79 Å². The number of carbonyl (C=O) groups excluding carboxylic acids is 4. The standard InChI is InChI=1S/C26H28N2O5/c1-15-7-12-20-21(13-15)25(31)28(24(20)30)19-10-8-18(9-11-19)26(32)33-14-23(29)27-22-6-4-5-16(2)17(22)3/h4-6,8-11,15,20-21H,7,12-14H2,1-3H3,(H,27,29)/t15-,20-,21+/m1/s1. The molecule has 1 aliphatic carbocycles. The normalized spacial score (nSPS) is 22.2. The number of benzene rings is 2. The second-order valence-electron chi connectivity index (χ2n) is 9.06. The number of fused-ring (bicyclic) bond motifs is 1. The van der Waals surface area contributed by atoms with E-state index in [1.807, 2.05) is 26.0 Å². The first-order chi connectivity index (χ1) is 15.8. The van der Waals surface area contributed by atoms with Gasteiger partial charge in [0.2, 0.25) is 11.8 Å². The van der Waals surface area contributed by atoms with Crippen molar-refractivity contribution in [1.29, 1.82) is 0 Å². The second-order valence-corrected chi connectivity index (χ2v) is 9.06. The summed E-state index contributed by atoms with van der Waals surface area (Å²) in [6.45, 7) is 5.55. The lowest BCUT2D eigenvalue weighted by atomic mass is 9.76. The van der Waals surface area contributed by atoms with E-state index in [-0.39, 0.29) is 29.2 Å². The van der Waals surface area contributed by atoms with Crippen LogP contribution in [0.3, 0.4) is 0 Å². The zero-order valence-corrected chi connectivity index (χ0v) is 19.1. The number of nitrogens with one attached hydrogen (secondary N) is 1. The highest BCUT2D eigenvalue weighted by molar-refractivity contribution is 6.22. The third-order valence-electron chi connectivity index (χ3n) is 6.76. The van der Waals surface area contributed by atoms with Crippen LogP contribution in [0.1, 0.15) is 47.7 Å². The first-order valence-corrected chi connectivity index (χ1v) is 11.3. The molecule has 3 atom stereocenters. The highest BCUT2D eigenvalue weighted by atomic mass is 16.5. The molecule has 1 saturated heterocycles. The van der Waals surface area contributed by atoms with Gasteiger partial charge in [0.05, 0.1) is 23.1 Å². The maximum absolute atomic E-state index is 12.9. The quantitative estimate of drug-likeness (QED) is 0.551. The number of esters is 1. The molecular weight excluding hydrogens is 420 g/mol. The van der Waals surface area contributed by atoms with Crippen LogP contribution in [0, 0.1) is 31.6 Å². The molecule has 7 nitrogen and oxygen atoms in total. The van der Waals surface area contributed by atoms with Gasteiger partial charge in [0.1, 0.15) is 0 Å². The minimum atomic E-state index is -0.653. The lowest BCUT2D eigenvalue weighted by Gasteiger charge is -2.25. The van der Waals surface area contributed by atoms with Crippen molar-refractivity contribution in [1.82, 2.24) is 0 Å². The molecule has 0 aromatic heterocycles. The Labute approximate surface area is 193 Å². The molecule has 0 unspecified atom stereocenters. The molecule has 1 heterocycles. The lowest BCUT2D eigenvalue weighted by molar-refractivity contribution is -0.122. The van der Waals surface area contributed by atoms with E-state index in [4.69, 9.17) is 4.74 Å². The van der Waals surface area contributed by atoms with Gasteiger partial charge in [0, 0.05) is 5.69 Å². The predicted octanol–water partition coefficient (Wildman–Crippen LogP) is 4.02. The lowest BCUT2D eigenvalue weighted by Crippen LogP contribution is -2.30. The molecule has 0 radical (unpaired) electrons. The van der Waals surface area contributed by atoms with Gasteiger partial charge in [0.25, 0.3) is 5.91 Å². The molecule has 33 heavy (non-hydrogen) atoms. The van der Waals surface area contributed by atoms with Crippen LogP contribution in [0.25, 0.3) is 0 Å². The van der Waals surface area contributed by atoms with E-state index < -0.39 is 18.5 Å². The number of amides is 3. The highest BCUT2D eigenvalue weighted by Gasteiger charge is 2.49. The molecule has 2 aromatic rings. The zero-order valence-electron chi connectivity index (χ0n) is 19.1. The number of anilines is 2. The Hall–Kier alpha value is -3.48. The van der Waals surface area contributed by atoms with Gasteiger partial charge in [0.15, 0.2) is 6.61 Å². The van der Waals surface area contributed by atoms with Gasteiger partial charge < -0.3 is 10.1 Å². The van der Waals surface area contributed by atoms with Crippen molar-refractivity contribution < 1.29 is 23.9 Å². The van der Waals surface area contributed by atoms with Gasteiger partial charge in [-0.1, -0.05) is 19.1 Å². The molecule has 2 aliphatic rings. The SMILES string of the molecule is Cc1cccc(NC(=O)COC(=O)c2ccc(N3C(=O)[C@H]4C[C@H](C)CC[C@H]4C3=O)cc2)c1C. The van der Waals surface area contributed by atoms with Crippen LogP contribution in [-0.2, 0) is 19.1 Å². The minimum absolute atomic E-state index is 0.157. The third kappa shape index (κ3) is 4.53. The molecule has 0 bridgehead atoms. The zero-order chi connectivity index (χ0) is 23.7. The number of hydrogen-bond donors (Lipinski definition) is 1. The topological polar surface area (TPSA) is 92.8 Å². The Morgan fingerprint density at radius 1 is 1.00 bits per heavy atom. The van der Waals surface area contributed by atoms with Crippen LogP contribution in [-0.4, -0.2) is 30.3 Å². The molecule has 2 fully saturated rings. The van der Waals surface area contributed by atoms with Gasteiger partial charge in [-0.05, 0) is 80.5 Å². The van der Waals surface area contributed by atoms with Gasteiger partial charge >= 0.3 is 5.97 Å². The van der Waals surface area contributed by atoms with E-state index in [0.29, 0.717) is 17.3 Å². The van der Waals surface area contributed by atoms with Crippen molar-refractivity contribution in [2.24, 2.45) is 17.8 Å². The summed E-state index contributed by atoms with van der Waals surface area (Å²) in [6.07, 6.45) is 2.43. The average molecular weight is 449 g/mol. The number of ether oxygens (including phenoxy) is 1. The van der Waals surface area contributed by atoms with E-state index in [0.717, 1.165) is 30.4 Å². The van der Waals surface area contributed by atoms with Crippen molar-refractivity contribution in [3.63, 3.8) is 0 Å². The summed E-state index contributed by atoms with van der Waals surface area (Å²) in [5.74, 6) is -1.45. The van der Waals surface area contributed by atoms with Crippen LogP contribution in [0.4, 0.5) is 11.4 Å². The Kier molecular flexibility index (Phi) is 6.31. The molecular formula is C26H28N2O5. The molecule has 4 rings (SSSR count). The number of carbonyl (C=O) groups is 4. The highest BCUT2D eigenvalue weighted by Crippen LogP contribution is 2.42.